The smallest absolute Gasteiger partial charge is 0.119 e. The topological polar surface area (TPSA) is 41.8 Å². The summed E-state index contributed by atoms with van der Waals surface area (Å²) in [6.07, 6.45) is 0. The van der Waals surface area contributed by atoms with Crippen LogP contribution in [0.3, 0.4) is 0 Å². The van der Waals surface area contributed by atoms with Gasteiger partial charge in [-0.05, 0) is 12.1 Å². The van der Waals surface area contributed by atoms with Crippen LogP contribution in [0.15, 0.2) is 29.4 Å². The molecule has 3 nitrogen and oxygen atoms in total. The zero-order valence-electron chi connectivity index (χ0n) is 7.20. The quantitative estimate of drug-likeness (QED) is 0.305. The van der Waals surface area contributed by atoms with Crippen LogP contribution in [0.5, 0.6) is 5.75 Å². The molecule has 1 N–H and O–H groups in total. The maximum absolute atomic E-state index is 8.69. The number of nitrogens with zero attached hydrogens (tertiary/aromatic N) is 1. The van der Waals surface area contributed by atoms with Crippen LogP contribution in [0.2, 0.25) is 0 Å². The van der Waals surface area contributed by atoms with Gasteiger partial charge in [-0.3, -0.25) is 0 Å². The molecule has 0 fully saturated rings. The summed E-state index contributed by atoms with van der Waals surface area (Å²) in [7, 11) is 1.61. The Kier molecular flexibility index (Phi) is 4.01. The third-order valence-electron chi connectivity index (χ3n) is 1.65. The van der Waals surface area contributed by atoms with E-state index in [1.54, 1.807) is 7.11 Å². The molecule has 0 amide bonds. The first-order valence-corrected chi connectivity index (χ1v) is 5.25. The standard InChI is InChI=1S/C9H10INO2/c1-13-8-4-2-3-7(5-8)9(6-10)11-12/h2-5,12H,6H2,1H3. The largest absolute Gasteiger partial charge is 0.497 e. The first kappa shape index (κ1) is 10.3. The van der Waals surface area contributed by atoms with E-state index in [0.717, 1.165) is 11.3 Å². The molecule has 0 saturated heterocycles. The van der Waals surface area contributed by atoms with Gasteiger partial charge in [0.15, 0.2) is 0 Å². The summed E-state index contributed by atoms with van der Waals surface area (Å²) in [5.74, 6) is 0.767. The minimum absolute atomic E-state index is 0.652. The van der Waals surface area contributed by atoms with Gasteiger partial charge in [-0.1, -0.05) is 39.9 Å². The van der Waals surface area contributed by atoms with E-state index in [1.807, 2.05) is 24.3 Å². The Morgan fingerprint density at radius 2 is 2.38 bits per heavy atom. The predicted octanol–water partition coefficient (Wildman–Crippen LogP) is 2.31. The molecule has 0 atom stereocenters. The van der Waals surface area contributed by atoms with Crippen molar-refractivity contribution in [1.29, 1.82) is 0 Å². The zero-order chi connectivity index (χ0) is 9.68. The van der Waals surface area contributed by atoms with Crippen molar-refractivity contribution in [2.45, 2.75) is 0 Å². The van der Waals surface area contributed by atoms with Gasteiger partial charge in [-0.25, -0.2) is 0 Å². The third-order valence-corrected chi connectivity index (χ3v) is 2.37. The van der Waals surface area contributed by atoms with Crippen LogP contribution in [0.4, 0.5) is 0 Å². The molecule has 0 aliphatic heterocycles. The molecule has 0 unspecified atom stereocenters. The van der Waals surface area contributed by atoms with Gasteiger partial charge < -0.3 is 9.94 Å². The van der Waals surface area contributed by atoms with E-state index in [0.29, 0.717) is 10.1 Å². The van der Waals surface area contributed by atoms with Crippen LogP contribution in [-0.4, -0.2) is 22.5 Å². The van der Waals surface area contributed by atoms with E-state index in [4.69, 9.17) is 9.94 Å². The number of ether oxygens (including phenoxy) is 1. The van der Waals surface area contributed by atoms with Crippen molar-refractivity contribution in [2.24, 2.45) is 5.16 Å². The van der Waals surface area contributed by atoms with Crippen molar-refractivity contribution in [3.05, 3.63) is 29.8 Å². The molecule has 0 spiro atoms. The van der Waals surface area contributed by atoms with Crippen molar-refractivity contribution < 1.29 is 9.94 Å². The number of hydrogen-bond donors (Lipinski definition) is 1. The first-order valence-electron chi connectivity index (χ1n) is 3.73. The highest BCUT2D eigenvalue weighted by atomic mass is 127. The fourth-order valence-corrected chi connectivity index (χ4v) is 1.56. The molecule has 0 aliphatic carbocycles. The van der Waals surface area contributed by atoms with E-state index in [1.165, 1.54) is 0 Å². The summed E-state index contributed by atoms with van der Waals surface area (Å²) in [5.41, 5.74) is 1.54. The van der Waals surface area contributed by atoms with Crippen LogP contribution >= 0.6 is 22.6 Å². The zero-order valence-corrected chi connectivity index (χ0v) is 9.35. The Labute approximate surface area is 90.5 Å². The highest BCUT2D eigenvalue weighted by Crippen LogP contribution is 2.14. The molecule has 1 aromatic rings. The molecule has 0 aromatic heterocycles. The molecule has 13 heavy (non-hydrogen) atoms. The van der Waals surface area contributed by atoms with E-state index in [-0.39, 0.29) is 0 Å². The van der Waals surface area contributed by atoms with Crippen LogP contribution in [0.1, 0.15) is 5.56 Å². The fourth-order valence-electron chi connectivity index (χ4n) is 0.964. The SMILES string of the molecule is COc1cccc(C(CI)=NO)c1. The minimum atomic E-state index is 0.652. The van der Waals surface area contributed by atoms with E-state index in [9.17, 15) is 0 Å². The average molecular weight is 291 g/mol. The first-order chi connectivity index (χ1) is 6.31. The molecule has 0 aliphatic rings. The van der Waals surface area contributed by atoms with E-state index in [2.05, 4.69) is 27.7 Å². The van der Waals surface area contributed by atoms with Gasteiger partial charge in [-0.15, -0.1) is 0 Å². The van der Waals surface area contributed by atoms with Gasteiger partial charge in [0.25, 0.3) is 0 Å². The van der Waals surface area contributed by atoms with Gasteiger partial charge in [0.2, 0.25) is 0 Å². The predicted molar refractivity (Wildman–Crippen MR) is 60.2 cm³/mol. The van der Waals surface area contributed by atoms with Crippen molar-refractivity contribution in [2.75, 3.05) is 11.5 Å². The number of halogens is 1. The second-order valence-electron chi connectivity index (χ2n) is 2.41. The second-order valence-corrected chi connectivity index (χ2v) is 3.18. The summed E-state index contributed by atoms with van der Waals surface area (Å²) >= 11 is 2.15. The number of alkyl halides is 1. The Morgan fingerprint density at radius 3 is 2.92 bits per heavy atom. The molecule has 70 valence electrons. The summed E-state index contributed by atoms with van der Waals surface area (Å²) in [6.45, 7) is 0. The van der Waals surface area contributed by atoms with E-state index < -0.39 is 0 Å². The maximum Gasteiger partial charge on any atom is 0.119 e. The fraction of sp³-hybridized carbons (Fsp3) is 0.222. The van der Waals surface area contributed by atoms with Gasteiger partial charge in [0.1, 0.15) is 5.75 Å². The summed E-state index contributed by atoms with van der Waals surface area (Å²) in [4.78, 5) is 0. The normalized spacial score (nSPS) is 11.4. The van der Waals surface area contributed by atoms with Crippen LogP contribution in [0, 0.1) is 0 Å². The van der Waals surface area contributed by atoms with Crippen molar-refractivity contribution >= 4 is 28.3 Å². The Balaban J connectivity index is 3.00. The Morgan fingerprint density at radius 1 is 1.62 bits per heavy atom. The van der Waals surface area contributed by atoms with Gasteiger partial charge in [0, 0.05) is 9.99 Å². The molecule has 0 heterocycles. The van der Waals surface area contributed by atoms with E-state index >= 15 is 0 Å². The highest BCUT2D eigenvalue weighted by Gasteiger charge is 2.02. The van der Waals surface area contributed by atoms with Crippen molar-refractivity contribution in [3.8, 4) is 5.75 Å². The average Bonchev–Trinajstić information content (AvgIpc) is 2.20. The van der Waals surface area contributed by atoms with Crippen LogP contribution < -0.4 is 4.74 Å². The van der Waals surface area contributed by atoms with Crippen molar-refractivity contribution in [3.63, 3.8) is 0 Å². The Hall–Kier alpha value is -0.780. The lowest BCUT2D eigenvalue weighted by molar-refractivity contribution is 0.319. The number of rotatable bonds is 3. The van der Waals surface area contributed by atoms with Gasteiger partial charge >= 0.3 is 0 Å². The molecule has 0 bridgehead atoms. The van der Waals surface area contributed by atoms with Gasteiger partial charge in [0.05, 0.1) is 12.8 Å². The maximum atomic E-state index is 8.69. The lowest BCUT2D eigenvalue weighted by Gasteiger charge is -2.03. The third kappa shape index (κ3) is 2.58. The molecule has 4 heteroatoms. The molecule has 0 saturated carbocycles. The number of methoxy groups -OCH3 is 1. The van der Waals surface area contributed by atoms with Gasteiger partial charge in [-0.2, -0.15) is 0 Å². The number of benzene rings is 1. The molecule has 1 aromatic carbocycles. The van der Waals surface area contributed by atoms with Crippen LogP contribution in [-0.2, 0) is 0 Å². The number of oxime groups is 1. The summed E-state index contributed by atoms with van der Waals surface area (Å²) in [6, 6.07) is 7.45. The summed E-state index contributed by atoms with van der Waals surface area (Å²) in [5, 5.41) is 11.9. The molecular weight excluding hydrogens is 281 g/mol. The molecule has 0 radical (unpaired) electrons. The second kappa shape index (κ2) is 5.06. The highest BCUT2D eigenvalue weighted by molar-refractivity contribution is 14.1. The summed E-state index contributed by atoms with van der Waals surface area (Å²) < 4.78 is 5.72. The Bertz CT molecular complexity index is 312. The minimum Gasteiger partial charge on any atom is -0.497 e. The van der Waals surface area contributed by atoms with Crippen molar-refractivity contribution in [1.82, 2.24) is 0 Å². The molecule has 1 rings (SSSR count). The lowest BCUT2D eigenvalue weighted by atomic mass is 10.1. The van der Waals surface area contributed by atoms with Crippen LogP contribution in [0.25, 0.3) is 0 Å². The number of hydrogen-bond acceptors (Lipinski definition) is 3. The lowest BCUT2D eigenvalue weighted by Crippen LogP contribution is -2.02. The monoisotopic (exact) mass is 291 g/mol. The molecular formula is C9H10INO2.